The van der Waals surface area contributed by atoms with E-state index in [4.69, 9.17) is 0 Å². The Labute approximate surface area is 126 Å². The van der Waals surface area contributed by atoms with Gasteiger partial charge in [-0.2, -0.15) is 0 Å². The van der Waals surface area contributed by atoms with Gasteiger partial charge in [0, 0.05) is 18.4 Å². The van der Waals surface area contributed by atoms with Crippen LogP contribution < -0.4 is 5.32 Å². The van der Waals surface area contributed by atoms with Crippen molar-refractivity contribution < 1.29 is 24.6 Å². The number of nitrogens with zero attached hydrogens (tertiary/aromatic N) is 1. The van der Waals surface area contributed by atoms with Gasteiger partial charge in [-0.25, -0.2) is 4.79 Å². The summed E-state index contributed by atoms with van der Waals surface area (Å²) in [5.74, 6) is -2.14. The van der Waals surface area contributed by atoms with Crippen molar-refractivity contribution in [1.29, 1.82) is 0 Å². The van der Waals surface area contributed by atoms with E-state index in [0.717, 1.165) is 0 Å². The first-order valence-corrected chi connectivity index (χ1v) is 7.61. The summed E-state index contributed by atoms with van der Waals surface area (Å²) in [4.78, 5) is 36.0. The Kier molecular flexibility index (Phi) is 4.58. The molecule has 0 spiro atoms. The zero-order chi connectivity index (χ0) is 15.7. The maximum Gasteiger partial charge on any atom is 0.353 e. The third-order valence-electron chi connectivity index (χ3n) is 3.53. The largest absolute Gasteiger partial charge is 0.477 e. The van der Waals surface area contributed by atoms with Crippen molar-refractivity contribution in [3.05, 3.63) is 10.6 Å². The number of thioether (sulfide) groups is 1. The molecular formula is C13H18N2O5S. The number of allylic oxidation sites excluding steroid dienone is 1. The number of β-lactam (4-membered cyclic amide) rings is 1. The summed E-state index contributed by atoms with van der Waals surface area (Å²) in [5.41, 5.74) is 0.0229. The zero-order valence-electron chi connectivity index (χ0n) is 11.8. The molecule has 7 nitrogen and oxygen atoms in total. The predicted molar refractivity (Wildman–Crippen MR) is 76.0 cm³/mol. The molecule has 2 aliphatic heterocycles. The van der Waals surface area contributed by atoms with E-state index in [-0.39, 0.29) is 22.9 Å². The highest BCUT2D eigenvalue weighted by Gasteiger charge is 2.57. The summed E-state index contributed by atoms with van der Waals surface area (Å²) in [5, 5.41) is 21.2. The number of aliphatic hydroxyl groups excluding tert-OH is 1. The van der Waals surface area contributed by atoms with Gasteiger partial charge in [-0.15, -0.1) is 11.8 Å². The Morgan fingerprint density at radius 1 is 1.48 bits per heavy atom. The molecule has 0 aromatic carbocycles. The number of hydrogen-bond donors (Lipinski definition) is 3. The first-order chi connectivity index (χ1) is 9.84. The Bertz CT molecular complexity index is 517. The van der Waals surface area contributed by atoms with Crippen LogP contribution in [0.3, 0.4) is 0 Å². The summed E-state index contributed by atoms with van der Waals surface area (Å²) in [6.45, 7) is 3.42. The molecule has 3 atom stereocenters. The highest BCUT2D eigenvalue weighted by atomic mass is 32.2. The average molecular weight is 314 g/mol. The zero-order valence-corrected chi connectivity index (χ0v) is 12.6. The topological polar surface area (TPSA) is 107 Å². The molecular weight excluding hydrogens is 296 g/mol. The number of amides is 2. The normalized spacial score (nSPS) is 25.5. The smallest absolute Gasteiger partial charge is 0.353 e. The molecule has 2 unspecified atom stereocenters. The van der Waals surface area contributed by atoms with Gasteiger partial charge in [-0.05, 0) is 19.8 Å². The molecule has 1 fully saturated rings. The lowest BCUT2D eigenvalue weighted by Gasteiger charge is -2.43. The van der Waals surface area contributed by atoms with E-state index in [1.54, 1.807) is 0 Å². The van der Waals surface area contributed by atoms with E-state index < -0.39 is 18.0 Å². The van der Waals surface area contributed by atoms with Crippen molar-refractivity contribution in [3.8, 4) is 0 Å². The molecule has 0 aliphatic carbocycles. The lowest BCUT2D eigenvalue weighted by molar-refractivity contribution is -0.156. The van der Waals surface area contributed by atoms with Crippen LogP contribution in [0.2, 0.25) is 0 Å². The van der Waals surface area contributed by atoms with Crippen LogP contribution in [0.15, 0.2) is 10.6 Å². The minimum atomic E-state index is -1.13. The van der Waals surface area contributed by atoms with Crippen molar-refractivity contribution in [2.24, 2.45) is 5.92 Å². The molecule has 0 saturated carbocycles. The molecule has 2 rings (SSSR count). The second-order valence-electron chi connectivity index (χ2n) is 5.15. The van der Waals surface area contributed by atoms with Gasteiger partial charge in [0.05, 0.1) is 12.0 Å². The number of fused-ring (bicyclic) bond motifs is 1. The van der Waals surface area contributed by atoms with Crippen molar-refractivity contribution in [1.82, 2.24) is 10.2 Å². The number of carboxylic acid groups (broad SMARTS) is 1. The molecule has 2 amide bonds. The van der Waals surface area contributed by atoms with Crippen LogP contribution in [-0.4, -0.2) is 50.9 Å². The number of aliphatic hydroxyl groups is 1. The van der Waals surface area contributed by atoms with Crippen LogP contribution in [-0.2, 0) is 14.4 Å². The average Bonchev–Trinajstić information content (AvgIpc) is 2.68. The lowest BCUT2D eigenvalue weighted by atomic mass is 9.92. The number of carbonyl (C=O) groups is 3. The van der Waals surface area contributed by atoms with E-state index in [1.807, 2.05) is 0 Å². The van der Waals surface area contributed by atoms with E-state index in [1.165, 1.54) is 30.5 Å². The molecule has 1 saturated heterocycles. The van der Waals surface area contributed by atoms with Crippen LogP contribution >= 0.6 is 11.8 Å². The first kappa shape index (κ1) is 15.8. The summed E-state index contributed by atoms with van der Waals surface area (Å²) in [6, 6.07) is 0. The fourth-order valence-electron chi connectivity index (χ4n) is 2.54. The Morgan fingerprint density at radius 2 is 2.14 bits per heavy atom. The van der Waals surface area contributed by atoms with E-state index in [9.17, 15) is 24.6 Å². The van der Waals surface area contributed by atoms with Gasteiger partial charge in [0.25, 0.3) is 0 Å². The first-order valence-electron chi connectivity index (χ1n) is 6.73. The molecule has 116 valence electrons. The summed E-state index contributed by atoms with van der Waals surface area (Å²) >= 11 is 1.33. The highest BCUT2D eigenvalue weighted by molar-refractivity contribution is 8.04. The van der Waals surface area contributed by atoms with Gasteiger partial charge in [-0.3, -0.25) is 14.5 Å². The van der Waals surface area contributed by atoms with Crippen LogP contribution in [0.4, 0.5) is 0 Å². The minimum Gasteiger partial charge on any atom is -0.477 e. The van der Waals surface area contributed by atoms with Gasteiger partial charge in [0.15, 0.2) is 0 Å². The van der Waals surface area contributed by atoms with Gasteiger partial charge in [0.1, 0.15) is 11.1 Å². The predicted octanol–water partition coefficient (Wildman–Crippen LogP) is 0.111. The quantitative estimate of drug-likeness (QED) is 0.474. The fourth-order valence-corrected chi connectivity index (χ4v) is 4.20. The summed E-state index contributed by atoms with van der Waals surface area (Å²) < 4.78 is 0. The maximum atomic E-state index is 12.0. The third-order valence-corrected chi connectivity index (χ3v) is 4.96. The van der Waals surface area contributed by atoms with Crippen molar-refractivity contribution in [2.45, 2.75) is 38.2 Å². The number of aliphatic carboxylic acids is 1. The highest BCUT2D eigenvalue weighted by Crippen LogP contribution is 2.51. The summed E-state index contributed by atoms with van der Waals surface area (Å²) in [6.07, 6.45) is 0.298. The van der Waals surface area contributed by atoms with E-state index >= 15 is 0 Å². The Balaban J connectivity index is 2.04. The van der Waals surface area contributed by atoms with Gasteiger partial charge < -0.3 is 15.5 Å². The van der Waals surface area contributed by atoms with Crippen molar-refractivity contribution >= 4 is 29.5 Å². The van der Waals surface area contributed by atoms with Crippen LogP contribution in [0, 0.1) is 5.92 Å². The molecule has 0 bridgehead atoms. The van der Waals surface area contributed by atoms with Gasteiger partial charge >= 0.3 is 5.97 Å². The molecule has 0 aromatic rings. The molecule has 8 heteroatoms. The second kappa shape index (κ2) is 6.07. The number of rotatable bonds is 6. The number of hydrogen-bond acceptors (Lipinski definition) is 5. The van der Waals surface area contributed by atoms with E-state index in [2.05, 4.69) is 5.32 Å². The van der Waals surface area contributed by atoms with Crippen molar-refractivity contribution in [3.63, 3.8) is 0 Å². The molecule has 3 N–H and O–H groups in total. The lowest BCUT2D eigenvalue weighted by Crippen LogP contribution is -2.60. The number of carboxylic acids is 1. The van der Waals surface area contributed by atoms with Crippen molar-refractivity contribution in [2.75, 3.05) is 6.54 Å². The van der Waals surface area contributed by atoms with E-state index in [0.29, 0.717) is 24.3 Å². The van der Waals surface area contributed by atoms with Crippen LogP contribution in [0.5, 0.6) is 0 Å². The molecule has 21 heavy (non-hydrogen) atoms. The molecule has 0 radical (unpaired) electrons. The standard InChI is InChI=1S/C13H18N2O5S/c1-6(16)9-11(18)15-10(13(19)20)8(21-12(9)15)4-3-5-14-7(2)17/h6,9,12,16H,3-5H2,1-2H3,(H,14,17)(H,19,20)/t6?,9?,12-/m0/s1. The monoisotopic (exact) mass is 314 g/mol. The van der Waals surface area contributed by atoms with Crippen LogP contribution in [0.1, 0.15) is 26.7 Å². The van der Waals surface area contributed by atoms with Gasteiger partial charge in [0.2, 0.25) is 11.8 Å². The number of nitrogens with one attached hydrogen (secondary N) is 1. The molecule has 2 aliphatic rings. The Morgan fingerprint density at radius 3 is 2.67 bits per heavy atom. The second-order valence-corrected chi connectivity index (χ2v) is 6.36. The Hall–Kier alpha value is -1.54. The van der Waals surface area contributed by atoms with Gasteiger partial charge in [-0.1, -0.05) is 0 Å². The maximum absolute atomic E-state index is 12.0. The molecule has 2 heterocycles. The summed E-state index contributed by atoms with van der Waals surface area (Å²) in [7, 11) is 0. The fraction of sp³-hybridized carbons (Fsp3) is 0.615. The SMILES string of the molecule is CC(=O)NCCCC1=C(C(=O)O)N2C(=O)C(C(C)O)[C@@H]2S1. The molecule has 0 aromatic heterocycles. The third kappa shape index (κ3) is 2.91. The number of carbonyl (C=O) groups excluding carboxylic acids is 2. The minimum absolute atomic E-state index is 0.0229. The van der Waals surface area contributed by atoms with Crippen LogP contribution in [0.25, 0.3) is 0 Å².